The normalized spacial score (nSPS) is 14.0. The molecule has 0 radical (unpaired) electrons. The second-order valence-electron chi connectivity index (χ2n) is 4.99. The summed E-state index contributed by atoms with van der Waals surface area (Å²) in [6.07, 6.45) is 4.68. The molecule has 0 saturated heterocycles. The Hall–Kier alpha value is -0.840. The summed E-state index contributed by atoms with van der Waals surface area (Å²) in [7, 11) is 0. The number of nitrogens with two attached hydrogens (primary N) is 1. The van der Waals surface area contributed by atoms with E-state index in [2.05, 4.69) is 38.0 Å². The second-order valence-corrected chi connectivity index (χ2v) is 4.99. The first-order valence-corrected chi connectivity index (χ1v) is 7.41. The predicted molar refractivity (Wildman–Crippen MR) is 79.8 cm³/mol. The van der Waals surface area contributed by atoms with Crippen molar-refractivity contribution in [1.29, 1.82) is 0 Å². The molecule has 0 saturated carbocycles. The Morgan fingerprint density at radius 2 is 1.89 bits per heavy atom. The molecule has 0 aromatic carbocycles. The lowest BCUT2D eigenvalue weighted by atomic mass is 9.80. The van der Waals surface area contributed by atoms with Crippen LogP contribution in [0.15, 0.2) is 22.8 Å². The maximum Gasteiger partial charge on any atom is 0.105 e. The molecule has 0 amide bonds. The van der Waals surface area contributed by atoms with E-state index in [4.69, 9.17) is 10.3 Å². The molecule has 1 rings (SSSR count). The lowest BCUT2D eigenvalue weighted by Gasteiger charge is -2.47. The van der Waals surface area contributed by atoms with E-state index in [1.54, 1.807) is 6.26 Å². The standard InChI is InChI=1S/C15H29N3O/c1-5-15(6-2,18(7-3)8-4)14(17-16)12-13-10-9-11-19-13/h9-11,14,17H,5-8,12,16H2,1-4H3. The van der Waals surface area contributed by atoms with Gasteiger partial charge in [-0.05, 0) is 38.1 Å². The quantitative estimate of drug-likeness (QED) is 0.533. The molecule has 0 aliphatic carbocycles. The maximum absolute atomic E-state index is 5.86. The molecular weight excluding hydrogens is 238 g/mol. The molecule has 0 bridgehead atoms. The summed E-state index contributed by atoms with van der Waals surface area (Å²) in [5.74, 6) is 6.84. The van der Waals surface area contributed by atoms with Crippen LogP contribution in [-0.4, -0.2) is 29.6 Å². The van der Waals surface area contributed by atoms with Crippen LogP contribution in [0.1, 0.15) is 46.3 Å². The fourth-order valence-corrected chi connectivity index (χ4v) is 3.30. The maximum atomic E-state index is 5.86. The van der Waals surface area contributed by atoms with Gasteiger partial charge in [0.25, 0.3) is 0 Å². The van der Waals surface area contributed by atoms with Crippen LogP contribution in [0.25, 0.3) is 0 Å². The average Bonchev–Trinajstić information content (AvgIpc) is 2.95. The van der Waals surface area contributed by atoms with Crippen molar-refractivity contribution in [1.82, 2.24) is 10.3 Å². The molecule has 19 heavy (non-hydrogen) atoms. The third kappa shape index (κ3) is 3.38. The van der Waals surface area contributed by atoms with Gasteiger partial charge in [-0.2, -0.15) is 0 Å². The van der Waals surface area contributed by atoms with Crippen LogP contribution < -0.4 is 11.3 Å². The molecule has 1 unspecified atom stereocenters. The largest absolute Gasteiger partial charge is 0.469 e. The number of hydrogen-bond donors (Lipinski definition) is 2. The molecule has 0 spiro atoms. The van der Waals surface area contributed by atoms with Crippen molar-refractivity contribution < 1.29 is 4.42 Å². The Kier molecular flexibility index (Phi) is 6.55. The zero-order valence-corrected chi connectivity index (χ0v) is 12.8. The van der Waals surface area contributed by atoms with Crippen molar-refractivity contribution in [3.05, 3.63) is 24.2 Å². The monoisotopic (exact) mass is 267 g/mol. The van der Waals surface area contributed by atoms with Gasteiger partial charge in [-0.3, -0.25) is 16.2 Å². The van der Waals surface area contributed by atoms with Crippen molar-refractivity contribution in [3.8, 4) is 0 Å². The Morgan fingerprint density at radius 1 is 1.26 bits per heavy atom. The van der Waals surface area contributed by atoms with Crippen LogP contribution in [-0.2, 0) is 6.42 Å². The van der Waals surface area contributed by atoms with Crippen LogP contribution in [0.2, 0.25) is 0 Å². The van der Waals surface area contributed by atoms with E-state index in [0.717, 1.165) is 38.1 Å². The molecule has 0 aliphatic rings. The van der Waals surface area contributed by atoms with Crippen molar-refractivity contribution in [2.75, 3.05) is 13.1 Å². The number of rotatable bonds is 9. The number of nitrogens with one attached hydrogen (secondary N) is 1. The minimum Gasteiger partial charge on any atom is -0.469 e. The molecule has 0 aliphatic heterocycles. The van der Waals surface area contributed by atoms with E-state index in [-0.39, 0.29) is 11.6 Å². The molecule has 110 valence electrons. The Balaban J connectivity index is 2.98. The highest BCUT2D eigenvalue weighted by Gasteiger charge is 2.39. The van der Waals surface area contributed by atoms with E-state index in [1.165, 1.54) is 0 Å². The van der Waals surface area contributed by atoms with Crippen molar-refractivity contribution >= 4 is 0 Å². The average molecular weight is 267 g/mol. The molecule has 1 atom stereocenters. The number of hydrogen-bond acceptors (Lipinski definition) is 4. The van der Waals surface area contributed by atoms with Gasteiger partial charge in [0.15, 0.2) is 0 Å². The number of likely N-dealkylation sites (N-methyl/N-ethyl adjacent to an activating group) is 1. The first-order valence-electron chi connectivity index (χ1n) is 7.41. The second kappa shape index (κ2) is 7.68. The summed E-state index contributed by atoms with van der Waals surface area (Å²) in [5.41, 5.74) is 3.10. The Bertz CT molecular complexity index is 329. The third-order valence-electron chi connectivity index (χ3n) is 4.45. The summed E-state index contributed by atoms with van der Waals surface area (Å²) >= 11 is 0. The Morgan fingerprint density at radius 3 is 2.26 bits per heavy atom. The van der Waals surface area contributed by atoms with Gasteiger partial charge in [0.05, 0.1) is 6.26 Å². The van der Waals surface area contributed by atoms with Gasteiger partial charge >= 0.3 is 0 Å². The van der Waals surface area contributed by atoms with Gasteiger partial charge < -0.3 is 4.42 Å². The van der Waals surface area contributed by atoms with Gasteiger partial charge in [-0.25, -0.2) is 0 Å². The Labute approximate surface area is 117 Å². The number of nitrogens with zero attached hydrogens (tertiary/aromatic N) is 1. The van der Waals surface area contributed by atoms with E-state index < -0.39 is 0 Å². The fraction of sp³-hybridized carbons (Fsp3) is 0.733. The lowest BCUT2D eigenvalue weighted by molar-refractivity contribution is 0.0474. The highest BCUT2D eigenvalue weighted by Crippen LogP contribution is 2.29. The van der Waals surface area contributed by atoms with Gasteiger partial charge in [0.1, 0.15) is 5.76 Å². The van der Waals surface area contributed by atoms with Crippen molar-refractivity contribution in [2.45, 2.75) is 58.5 Å². The summed E-state index contributed by atoms with van der Waals surface area (Å²) in [6, 6.07) is 4.14. The minimum atomic E-state index is 0.0744. The number of furan rings is 1. The van der Waals surface area contributed by atoms with Crippen LogP contribution >= 0.6 is 0 Å². The highest BCUT2D eigenvalue weighted by molar-refractivity contribution is 5.07. The first-order chi connectivity index (χ1) is 9.18. The van der Waals surface area contributed by atoms with Gasteiger partial charge in [-0.15, -0.1) is 0 Å². The molecule has 1 aromatic heterocycles. The lowest BCUT2D eigenvalue weighted by Crippen LogP contribution is -2.63. The van der Waals surface area contributed by atoms with Crippen LogP contribution in [0.4, 0.5) is 0 Å². The fourth-order valence-electron chi connectivity index (χ4n) is 3.30. The van der Waals surface area contributed by atoms with Crippen LogP contribution in [0, 0.1) is 0 Å². The molecule has 4 heteroatoms. The van der Waals surface area contributed by atoms with E-state index in [1.807, 2.05) is 12.1 Å². The highest BCUT2D eigenvalue weighted by atomic mass is 16.3. The minimum absolute atomic E-state index is 0.0744. The summed E-state index contributed by atoms with van der Waals surface area (Å²) in [6.45, 7) is 11.0. The predicted octanol–water partition coefficient (Wildman–Crippen LogP) is 2.55. The zero-order chi connectivity index (χ0) is 14.3. The third-order valence-corrected chi connectivity index (χ3v) is 4.45. The molecule has 1 heterocycles. The molecular formula is C15H29N3O. The summed E-state index contributed by atoms with van der Waals surface area (Å²) in [4.78, 5) is 2.51. The van der Waals surface area contributed by atoms with Crippen LogP contribution in [0.3, 0.4) is 0 Å². The van der Waals surface area contributed by atoms with Gasteiger partial charge in [0, 0.05) is 18.0 Å². The zero-order valence-electron chi connectivity index (χ0n) is 12.8. The smallest absolute Gasteiger partial charge is 0.105 e. The number of hydrazine groups is 1. The first kappa shape index (κ1) is 16.2. The van der Waals surface area contributed by atoms with E-state index >= 15 is 0 Å². The molecule has 0 fully saturated rings. The van der Waals surface area contributed by atoms with Crippen molar-refractivity contribution in [2.24, 2.45) is 5.84 Å². The SMILES string of the molecule is CCN(CC)C(CC)(CC)C(Cc1ccco1)NN. The summed E-state index contributed by atoms with van der Waals surface area (Å²) < 4.78 is 5.48. The van der Waals surface area contributed by atoms with E-state index in [0.29, 0.717) is 0 Å². The van der Waals surface area contributed by atoms with Crippen LogP contribution in [0.5, 0.6) is 0 Å². The van der Waals surface area contributed by atoms with Gasteiger partial charge in [0.2, 0.25) is 0 Å². The summed E-state index contributed by atoms with van der Waals surface area (Å²) in [5, 5.41) is 0. The molecule has 3 N–H and O–H groups in total. The molecule has 1 aromatic rings. The van der Waals surface area contributed by atoms with E-state index in [9.17, 15) is 0 Å². The van der Waals surface area contributed by atoms with Gasteiger partial charge in [-0.1, -0.05) is 27.7 Å². The topological polar surface area (TPSA) is 54.4 Å². The molecule has 4 nitrogen and oxygen atoms in total. The van der Waals surface area contributed by atoms with Crippen molar-refractivity contribution in [3.63, 3.8) is 0 Å².